The zero-order valence-electron chi connectivity index (χ0n) is 16.0. The molecule has 1 aromatic heterocycles. The molecule has 0 spiro atoms. The molecule has 0 aliphatic carbocycles. The molecule has 25 heavy (non-hydrogen) atoms. The minimum Gasteiger partial charge on any atom is -0.357 e. The number of likely N-dealkylation sites (N-methyl/N-ethyl adjacent to an activating group) is 1. The van der Waals surface area contributed by atoms with Crippen LogP contribution in [0.5, 0.6) is 0 Å². The number of halogens is 1. The van der Waals surface area contributed by atoms with E-state index >= 15 is 0 Å². The van der Waals surface area contributed by atoms with Gasteiger partial charge in [-0.25, -0.2) is 9.98 Å². The Morgan fingerprint density at radius 1 is 1.28 bits per heavy atom. The maximum absolute atomic E-state index is 4.71. The molecule has 1 aromatic rings. The first-order valence-electron chi connectivity index (χ1n) is 9.05. The predicted octanol–water partition coefficient (Wildman–Crippen LogP) is 2.31. The lowest BCUT2D eigenvalue weighted by Gasteiger charge is -2.33. The van der Waals surface area contributed by atoms with Crippen LogP contribution < -0.4 is 15.5 Å². The van der Waals surface area contributed by atoms with Crippen LogP contribution in [0.15, 0.2) is 23.3 Å². The van der Waals surface area contributed by atoms with Gasteiger partial charge in [0.2, 0.25) is 0 Å². The zero-order chi connectivity index (χ0) is 17.4. The Bertz CT molecular complexity index is 528. The Morgan fingerprint density at radius 2 is 2.00 bits per heavy atom. The Hall–Kier alpha value is -1.09. The summed E-state index contributed by atoms with van der Waals surface area (Å²) in [5.41, 5.74) is 1.19. The molecule has 0 saturated carbocycles. The largest absolute Gasteiger partial charge is 0.357 e. The van der Waals surface area contributed by atoms with Gasteiger partial charge in [0.05, 0.1) is 6.54 Å². The van der Waals surface area contributed by atoms with Crippen molar-refractivity contribution >= 4 is 35.8 Å². The van der Waals surface area contributed by atoms with Gasteiger partial charge in [-0.1, -0.05) is 6.92 Å². The van der Waals surface area contributed by atoms with Gasteiger partial charge in [0.15, 0.2) is 5.96 Å². The van der Waals surface area contributed by atoms with E-state index in [9.17, 15) is 0 Å². The molecule has 1 aliphatic rings. The smallest absolute Gasteiger partial charge is 0.191 e. The van der Waals surface area contributed by atoms with Crippen molar-refractivity contribution in [1.29, 1.82) is 0 Å². The van der Waals surface area contributed by atoms with E-state index in [2.05, 4.69) is 65.4 Å². The number of anilines is 1. The summed E-state index contributed by atoms with van der Waals surface area (Å²) in [5.74, 6) is 1.94. The van der Waals surface area contributed by atoms with E-state index in [0.717, 1.165) is 50.9 Å². The number of piperazine rings is 1. The lowest BCUT2D eigenvalue weighted by Crippen LogP contribution is -2.44. The van der Waals surface area contributed by atoms with Gasteiger partial charge in [0.25, 0.3) is 0 Å². The monoisotopic (exact) mass is 460 g/mol. The predicted molar refractivity (Wildman–Crippen MR) is 117 cm³/mol. The van der Waals surface area contributed by atoms with Crippen molar-refractivity contribution in [2.24, 2.45) is 4.99 Å². The molecule has 2 heterocycles. The fourth-order valence-electron chi connectivity index (χ4n) is 2.59. The number of nitrogens with one attached hydrogen (secondary N) is 2. The summed E-state index contributed by atoms with van der Waals surface area (Å²) in [7, 11) is 2.17. The molecular weight excluding hydrogens is 427 g/mol. The fourth-order valence-corrected chi connectivity index (χ4v) is 2.59. The topological polar surface area (TPSA) is 55.8 Å². The van der Waals surface area contributed by atoms with Gasteiger partial charge in [0.1, 0.15) is 5.82 Å². The zero-order valence-corrected chi connectivity index (χ0v) is 18.3. The molecule has 1 unspecified atom stereocenters. The highest BCUT2D eigenvalue weighted by Crippen LogP contribution is 2.15. The standard InChI is InChI=1S/C18H32N6.HI/c1-5-15(3)22-18(19-6-2)21-14-16-7-8-20-17(13-16)24-11-9-23(4)10-12-24;/h7-8,13,15H,5-6,9-12,14H2,1-4H3,(H2,19,21,22);1H. The molecule has 0 radical (unpaired) electrons. The molecule has 6 nitrogen and oxygen atoms in total. The van der Waals surface area contributed by atoms with Crippen LogP contribution in [-0.2, 0) is 6.54 Å². The van der Waals surface area contributed by atoms with E-state index in [1.807, 2.05) is 6.20 Å². The van der Waals surface area contributed by atoms with Crippen molar-refractivity contribution < 1.29 is 0 Å². The molecule has 2 rings (SSSR count). The number of pyridine rings is 1. The highest BCUT2D eigenvalue weighted by molar-refractivity contribution is 14.0. The van der Waals surface area contributed by atoms with Crippen molar-refractivity contribution in [2.75, 3.05) is 44.7 Å². The average Bonchev–Trinajstić information content (AvgIpc) is 2.60. The van der Waals surface area contributed by atoms with E-state index in [0.29, 0.717) is 12.6 Å². The maximum atomic E-state index is 4.71. The first-order chi connectivity index (χ1) is 11.6. The maximum Gasteiger partial charge on any atom is 0.191 e. The summed E-state index contributed by atoms with van der Waals surface area (Å²) >= 11 is 0. The van der Waals surface area contributed by atoms with E-state index in [1.165, 1.54) is 5.56 Å². The molecule has 0 bridgehead atoms. The van der Waals surface area contributed by atoms with Crippen molar-refractivity contribution in [1.82, 2.24) is 20.5 Å². The number of aliphatic imine (C=N–C) groups is 1. The number of guanidine groups is 1. The average molecular weight is 460 g/mol. The fraction of sp³-hybridized carbons (Fsp3) is 0.667. The SMILES string of the molecule is CCNC(=NCc1ccnc(N2CCN(C)CC2)c1)NC(C)CC.I. The first kappa shape index (κ1) is 22.0. The van der Waals surface area contributed by atoms with Crippen LogP contribution in [0.3, 0.4) is 0 Å². The van der Waals surface area contributed by atoms with Crippen LogP contribution in [0.1, 0.15) is 32.8 Å². The third-order valence-corrected chi connectivity index (χ3v) is 4.40. The molecule has 1 fully saturated rings. The number of nitrogens with zero attached hydrogens (tertiary/aromatic N) is 4. The van der Waals surface area contributed by atoms with Gasteiger partial charge in [-0.15, -0.1) is 24.0 Å². The van der Waals surface area contributed by atoms with Crippen molar-refractivity contribution in [2.45, 2.75) is 39.8 Å². The highest BCUT2D eigenvalue weighted by Gasteiger charge is 2.15. The minimum atomic E-state index is 0. The van der Waals surface area contributed by atoms with Gasteiger partial charge < -0.3 is 20.4 Å². The van der Waals surface area contributed by atoms with Gasteiger partial charge in [-0.05, 0) is 45.0 Å². The van der Waals surface area contributed by atoms with E-state index in [1.54, 1.807) is 0 Å². The lowest BCUT2D eigenvalue weighted by atomic mass is 10.2. The molecule has 0 aromatic carbocycles. The molecule has 7 heteroatoms. The Balaban J connectivity index is 0.00000312. The van der Waals surface area contributed by atoms with Gasteiger partial charge >= 0.3 is 0 Å². The summed E-state index contributed by atoms with van der Waals surface area (Å²) in [6.45, 7) is 12.2. The highest BCUT2D eigenvalue weighted by atomic mass is 127. The van der Waals surface area contributed by atoms with Crippen LogP contribution in [0.2, 0.25) is 0 Å². The summed E-state index contributed by atoms with van der Waals surface area (Å²) in [4.78, 5) is 14.0. The molecule has 1 aliphatic heterocycles. The van der Waals surface area contributed by atoms with Crippen LogP contribution >= 0.6 is 24.0 Å². The second kappa shape index (κ2) is 11.5. The molecule has 2 N–H and O–H groups in total. The van der Waals surface area contributed by atoms with E-state index in [-0.39, 0.29) is 24.0 Å². The van der Waals surface area contributed by atoms with Gasteiger partial charge in [0, 0.05) is 45.0 Å². The quantitative estimate of drug-likeness (QED) is 0.388. The Kier molecular flexibility index (Phi) is 10.1. The van der Waals surface area contributed by atoms with Crippen LogP contribution in [-0.4, -0.2) is 61.7 Å². The van der Waals surface area contributed by atoms with Crippen LogP contribution in [0.25, 0.3) is 0 Å². The van der Waals surface area contributed by atoms with Crippen molar-refractivity contribution in [3.63, 3.8) is 0 Å². The first-order valence-corrected chi connectivity index (χ1v) is 9.05. The number of aromatic nitrogens is 1. The third kappa shape index (κ3) is 7.35. The molecule has 1 saturated heterocycles. The molecular formula is C18H33IN6. The summed E-state index contributed by atoms with van der Waals surface area (Å²) in [6.07, 6.45) is 2.97. The Labute approximate surface area is 169 Å². The van der Waals surface area contributed by atoms with Gasteiger partial charge in [-0.2, -0.15) is 0 Å². The molecule has 142 valence electrons. The summed E-state index contributed by atoms with van der Waals surface area (Å²) in [6, 6.07) is 4.64. The normalized spacial score (nSPS) is 17.0. The third-order valence-electron chi connectivity index (χ3n) is 4.40. The van der Waals surface area contributed by atoms with Gasteiger partial charge in [-0.3, -0.25) is 0 Å². The summed E-state index contributed by atoms with van der Waals surface area (Å²) < 4.78 is 0. The second-order valence-corrected chi connectivity index (χ2v) is 6.46. The molecule has 1 atom stereocenters. The van der Waals surface area contributed by atoms with Crippen LogP contribution in [0, 0.1) is 0 Å². The summed E-state index contributed by atoms with van der Waals surface area (Å²) in [5, 5.41) is 6.74. The number of hydrogen-bond acceptors (Lipinski definition) is 4. The van der Waals surface area contributed by atoms with E-state index in [4.69, 9.17) is 4.99 Å². The van der Waals surface area contributed by atoms with Crippen molar-refractivity contribution in [3.05, 3.63) is 23.9 Å². The Morgan fingerprint density at radius 3 is 2.64 bits per heavy atom. The minimum absolute atomic E-state index is 0. The van der Waals surface area contributed by atoms with Crippen molar-refractivity contribution in [3.8, 4) is 0 Å². The number of hydrogen-bond donors (Lipinski definition) is 2. The lowest BCUT2D eigenvalue weighted by molar-refractivity contribution is 0.312. The number of rotatable bonds is 6. The van der Waals surface area contributed by atoms with E-state index < -0.39 is 0 Å². The second-order valence-electron chi connectivity index (χ2n) is 6.46. The molecule has 0 amide bonds. The van der Waals surface area contributed by atoms with Crippen LogP contribution in [0.4, 0.5) is 5.82 Å².